The predicted molar refractivity (Wildman–Crippen MR) is 79.1 cm³/mol. The maximum absolute atomic E-state index is 11.8. The van der Waals surface area contributed by atoms with E-state index in [9.17, 15) is 4.79 Å². The molecule has 0 saturated carbocycles. The van der Waals surface area contributed by atoms with E-state index in [1.54, 1.807) is 23.5 Å². The molecule has 1 aromatic rings. The summed E-state index contributed by atoms with van der Waals surface area (Å²) in [6, 6.07) is 8.43. The lowest BCUT2D eigenvalue weighted by Crippen LogP contribution is -2.32. The molecule has 1 amide bonds. The molecule has 0 radical (unpaired) electrons. The first-order chi connectivity index (χ1) is 8.76. The van der Waals surface area contributed by atoms with E-state index >= 15 is 0 Å². The Bertz CT molecular complexity index is 408. The first-order valence-electron chi connectivity index (χ1n) is 5.92. The zero-order chi connectivity index (χ0) is 13.0. The lowest BCUT2D eigenvalue weighted by Gasteiger charge is -2.24. The minimum atomic E-state index is 0.0422. The van der Waals surface area contributed by atoms with Crippen LogP contribution in [0.3, 0.4) is 0 Å². The molecule has 98 valence electrons. The van der Waals surface area contributed by atoms with Gasteiger partial charge >= 0.3 is 0 Å². The van der Waals surface area contributed by atoms with Crippen LogP contribution in [0.4, 0.5) is 0 Å². The molecule has 2 rings (SSSR count). The van der Waals surface area contributed by atoms with E-state index in [1.807, 2.05) is 4.90 Å². The van der Waals surface area contributed by atoms with Crippen molar-refractivity contribution in [1.82, 2.24) is 10.2 Å². The molecule has 1 N–H and O–H groups in total. The Morgan fingerprint density at radius 3 is 2.67 bits per heavy atom. The second kappa shape index (κ2) is 6.50. The molecule has 0 aromatic heterocycles. The summed E-state index contributed by atoms with van der Waals surface area (Å²) in [5, 5.41) is 3.28. The van der Waals surface area contributed by atoms with Gasteiger partial charge in [-0.15, -0.1) is 11.8 Å². The third-order valence-electron chi connectivity index (χ3n) is 3.05. The molecule has 18 heavy (non-hydrogen) atoms. The number of rotatable bonds is 5. The summed E-state index contributed by atoms with van der Waals surface area (Å²) in [5.41, 5.74) is 1.17. The van der Waals surface area contributed by atoms with Gasteiger partial charge in [-0.25, -0.2) is 0 Å². The summed E-state index contributed by atoms with van der Waals surface area (Å²) < 4.78 is 0. The molecule has 3 nitrogen and oxygen atoms in total. The van der Waals surface area contributed by atoms with Gasteiger partial charge in [0.25, 0.3) is 0 Å². The average molecular weight is 282 g/mol. The smallest absolute Gasteiger partial charge is 0.238 e. The van der Waals surface area contributed by atoms with Crippen LogP contribution < -0.4 is 5.32 Å². The SMILES string of the molecule is CSCCN1C(=O)CNC1c1ccc(SC)cc1. The van der Waals surface area contributed by atoms with Gasteiger partial charge in [-0.3, -0.25) is 10.1 Å². The Morgan fingerprint density at radius 1 is 1.33 bits per heavy atom. The van der Waals surface area contributed by atoms with E-state index in [1.165, 1.54) is 10.5 Å². The highest BCUT2D eigenvalue weighted by molar-refractivity contribution is 7.98. The van der Waals surface area contributed by atoms with Gasteiger partial charge < -0.3 is 4.90 Å². The lowest BCUT2D eigenvalue weighted by atomic mass is 10.1. The average Bonchev–Trinajstić information content (AvgIpc) is 2.78. The van der Waals surface area contributed by atoms with E-state index in [2.05, 4.69) is 42.1 Å². The van der Waals surface area contributed by atoms with E-state index in [0.717, 1.165) is 12.3 Å². The standard InChI is InChI=1S/C13H18N2OS2/c1-17-8-7-15-12(16)9-14-13(15)10-3-5-11(18-2)6-4-10/h3-6,13-14H,7-9H2,1-2H3. The zero-order valence-electron chi connectivity index (χ0n) is 10.7. The van der Waals surface area contributed by atoms with E-state index in [0.29, 0.717) is 6.54 Å². The lowest BCUT2D eigenvalue weighted by molar-refractivity contribution is -0.127. The van der Waals surface area contributed by atoms with Crippen molar-refractivity contribution in [1.29, 1.82) is 0 Å². The molecule has 1 aromatic carbocycles. The monoisotopic (exact) mass is 282 g/mol. The number of hydrogen-bond donors (Lipinski definition) is 1. The third-order valence-corrected chi connectivity index (χ3v) is 4.38. The third kappa shape index (κ3) is 3.02. The number of carbonyl (C=O) groups excluding carboxylic acids is 1. The van der Waals surface area contributed by atoms with E-state index in [-0.39, 0.29) is 12.1 Å². The largest absolute Gasteiger partial charge is 0.321 e. The quantitative estimate of drug-likeness (QED) is 0.839. The van der Waals surface area contributed by atoms with Crippen molar-refractivity contribution in [2.24, 2.45) is 0 Å². The van der Waals surface area contributed by atoms with Crippen LogP contribution in [0.15, 0.2) is 29.2 Å². The molecule has 1 heterocycles. The minimum absolute atomic E-state index is 0.0422. The number of carbonyl (C=O) groups is 1. The van der Waals surface area contributed by atoms with Crippen LogP contribution in [0.5, 0.6) is 0 Å². The molecule has 5 heteroatoms. The van der Waals surface area contributed by atoms with Crippen LogP contribution in [0.25, 0.3) is 0 Å². The summed E-state index contributed by atoms with van der Waals surface area (Å²) >= 11 is 3.50. The molecule has 1 aliphatic heterocycles. The molecular weight excluding hydrogens is 264 g/mol. The van der Waals surface area contributed by atoms with Crippen LogP contribution in [0.1, 0.15) is 11.7 Å². The van der Waals surface area contributed by atoms with Gasteiger partial charge in [0.05, 0.1) is 6.54 Å². The van der Waals surface area contributed by atoms with Crippen molar-refractivity contribution in [2.75, 3.05) is 31.4 Å². The highest BCUT2D eigenvalue weighted by Crippen LogP contribution is 2.24. The van der Waals surface area contributed by atoms with Gasteiger partial charge in [0.15, 0.2) is 0 Å². The minimum Gasteiger partial charge on any atom is -0.321 e. The molecule has 1 unspecified atom stereocenters. The second-order valence-electron chi connectivity index (χ2n) is 4.14. The summed E-state index contributed by atoms with van der Waals surface area (Å²) in [7, 11) is 0. The number of hydrogen-bond acceptors (Lipinski definition) is 4. The van der Waals surface area contributed by atoms with E-state index < -0.39 is 0 Å². The molecule has 0 bridgehead atoms. The normalized spacial score (nSPS) is 19.6. The number of benzene rings is 1. The fourth-order valence-electron chi connectivity index (χ4n) is 2.07. The number of amides is 1. The molecule has 1 atom stereocenters. The summed E-state index contributed by atoms with van der Waals surface area (Å²) in [6.07, 6.45) is 4.17. The zero-order valence-corrected chi connectivity index (χ0v) is 12.3. The fourth-order valence-corrected chi connectivity index (χ4v) is 2.85. The molecular formula is C13H18N2OS2. The van der Waals surface area contributed by atoms with Crippen molar-refractivity contribution in [2.45, 2.75) is 11.1 Å². The number of thioether (sulfide) groups is 2. The molecule has 1 fully saturated rings. The summed E-state index contributed by atoms with van der Waals surface area (Å²) in [4.78, 5) is 15.0. The van der Waals surface area contributed by atoms with Gasteiger partial charge in [-0.05, 0) is 30.2 Å². The maximum Gasteiger partial charge on any atom is 0.238 e. The van der Waals surface area contributed by atoms with Crippen molar-refractivity contribution >= 4 is 29.4 Å². The van der Waals surface area contributed by atoms with Gasteiger partial charge in [0.2, 0.25) is 5.91 Å². The molecule has 0 spiro atoms. The maximum atomic E-state index is 11.8. The Hall–Kier alpha value is -0.650. The van der Waals surface area contributed by atoms with Crippen molar-refractivity contribution in [3.05, 3.63) is 29.8 Å². The summed E-state index contributed by atoms with van der Waals surface area (Å²) in [6.45, 7) is 1.26. The van der Waals surface area contributed by atoms with Crippen LogP contribution >= 0.6 is 23.5 Å². The van der Waals surface area contributed by atoms with Gasteiger partial charge in [-0.2, -0.15) is 11.8 Å². The first kappa shape index (κ1) is 13.8. The molecule has 1 saturated heterocycles. The van der Waals surface area contributed by atoms with E-state index in [4.69, 9.17) is 0 Å². The topological polar surface area (TPSA) is 32.3 Å². The Labute approximate surface area is 117 Å². The number of nitrogens with zero attached hydrogens (tertiary/aromatic N) is 1. The highest BCUT2D eigenvalue weighted by atomic mass is 32.2. The Balaban J connectivity index is 2.12. The number of nitrogens with one attached hydrogen (secondary N) is 1. The van der Waals surface area contributed by atoms with Gasteiger partial charge in [-0.1, -0.05) is 12.1 Å². The van der Waals surface area contributed by atoms with Crippen LogP contribution in [-0.2, 0) is 4.79 Å². The second-order valence-corrected chi connectivity index (χ2v) is 6.00. The highest BCUT2D eigenvalue weighted by Gasteiger charge is 2.30. The van der Waals surface area contributed by atoms with Crippen molar-refractivity contribution in [3.63, 3.8) is 0 Å². The van der Waals surface area contributed by atoms with Crippen molar-refractivity contribution in [3.8, 4) is 0 Å². The van der Waals surface area contributed by atoms with Gasteiger partial charge in [0.1, 0.15) is 6.17 Å². The predicted octanol–water partition coefficient (Wildman–Crippen LogP) is 2.20. The Kier molecular flexibility index (Phi) is 4.97. The van der Waals surface area contributed by atoms with Crippen LogP contribution in [0, 0.1) is 0 Å². The van der Waals surface area contributed by atoms with Crippen molar-refractivity contribution < 1.29 is 4.79 Å². The van der Waals surface area contributed by atoms with Crippen LogP contribution in [0.2, 0.25) is 0 Å². The molecule has 0 aliphatic carbocycles. The molecule has 1 aliphatic rings. The van der Waals surface area contributed by atoms with Gasteiger partial charge in [0, 0.05) is 17.2 Å². The first-order valence-corrected chi connectivity index (χ1v) is 8.54. The summed E-state index contributed by atoms with van der Waals surface area (Å²) in [5.74, 6) is 1.18. The van der Waals surface area contributed by atoms with Crippen LogP contribution in [-0.4, -0.2) is 42.2 Å². The fraction of sp³-hybridized carbons (Fsp3) is 0.462. The Morgan fingerprint density at radius 2 is 2.06 bits per heavy atom.